The van der Waals surface area contributed by atoms with Crippen molar-refractivity contribution in [3.8, 4) is 0 Å². The summed E-state index contributed by atoms with van der Waals surface area (Å²) in [6, 6.07) is 0. The van der Waals surface area contributed by atoms with Crippen molar-refractivity contribution in [3.63, 3.8) is 0 Å². The molecule has 0 atom stereocenters. The van der Waals surface area contributed by atoms with Crippen molar-refractivity contribution >= 4 is 11.8 Å². The Morgan fingerprint density at radius 3 is 2.69 bits per heavy atom. The predicted octanol–water partition coefficient (Wildman–Crippen LogP) is 2.37. The van der Waals surface area contributed by atoms with Crippen LogP contribution in [0.2, 0.25) is 0 Å². The predicted molar refractivity (Wildman–Crippen MR) is 75.3 cm³/mol. The maximum Gasteiger partial charge on any atom is 0.0187 e. The second-order valence-corrected chi connectivity index (χ2v) is 6.05. The lowest BCUT2D eigenvalue weighted by Crippen LogP contribution is -2.31. The first kappa shape index (κ1) is 14.1. The van der Waals surface area contributed by atoms with Crippen LogP contribution in [0.1, 0.15) is 26.7 Å². The molecule has 3 heteroatoms. The van der Waals surface area contributed by atoms with Crippen molar-refractivity contribution < 1.29 is 0 Å². The van der Waals surface area contributed by atoms with Gasteiger partial charge in [-0.2, -0.15) is 11.8 Å². The van der Waals surface area contributed by atoms with Gasteiger partial charge in [-0.1, -0.05) is 19.1 Å². The van der Waals surface area contributed by atoms with Gasteiger partial charge in [-0.3, -0.25) is 4.90 Å². The molecule has 0 aromatic rings. The minimum absolute atomic E-state index is 0.893. The molecule has 0 radical (unpaired) electrons. The van der Waals surface area contributed by atoms with Crippen LogP contribution in [-0.2, 0) is 0 Å². The Bertz CT molecular complexity index is 200. The first-order chi connectivity index (χ1) is 7.72. The van der Waals surface area contributed by atoms with E-state index in [9.17, 15) is 0 Å². The van der Waals surface area contributed by atoms with Crippen LogP contribution >= 0.6 is 11.8 Å². The zero-order valence-electron chi connectivity index (χ0n) is 10.8. The molecule has 0 aliphatic carbocycles. The molecule has 0 amide bonds. The monoisotopic (exact) mass is 242 g/mol. The van der Waals surface area contributed by atoms with E-state index in [1.165, 1.54) is 43.8 Å². The summed E-state index contributed by atoms with van der Waals surface area (Å²) < 4.78 is 0. The molecule has 0 bridgehead atoms. The Labute approximate surface area is 105 Å². The zero-order valence-corrected chi connectivity index (χ0v) is 11.6. The van der Waals surface area contributed by atoms with Gasteiger partial charge in [0.25, 0.3) is 0 Å². The molecule has 16 heavy (non-hydrogen) atoms. The Morgan fingerprint density at radius 1 is 1.44 bits per heavy atom. The quantitative estimate of drug-likeness (QED) is 0.690. The summed E-state index contributed by atoms with van der Waals surface area (Å²) in [4.78, 5) is 2.48. The Balaban J connectivity index is 2.09. The summed E-state index contributed by atoms with van der Waals surface area (Å²) in [5, 5.41) is 4.31. The molecule has 1 fully saturated rings. The van der Waals surface area contributed by atoms with E-state index in [-0.39, 0.29) is 0 Å². The van der Waals surface area contributed by atoms with Gasteiger partial charge >= 0.3 is 0 Å². The summed E-state index contributed by atoms with van der Waals surface area (Å²) in [6.07, 6.45) is 2.69. The van der Waals surface area contributed by atoms with Gasteiger partial charge in [-0.05, 0) is 39.4 Å². The molecule has 0 unspecified atom stereocenters. The second-order valence-electron chi connectivity index (χ2n) is 4.65. The van der Waals surface area contributed by atoms with Gasteiger partial charge in [0.15, 0.2) is 0 Å². The van der Waals surface area contributed by atoms with Gasteiger partial charge in [0.1, 0.15) is 0 Å². The van der Waals surface area contributed by atoms with Crippen LogP contribution in [0.3, 0.4) is 0 Å². The van der Waals surface area contributed by atoms with Crippen molar-refractivity contribution in [2.45, 2.75) is 31.9 Å². The van der Waals surface area contributed by atoms with Crippen molar-refractivity contribution in [1.29, 1.82) is 0 Å². The van der Waals surface area contributed by atoms with Crippen molar-refractivity contribution in [3.05, 3.63) is 12.2 Å². The first-order valence-corrected chi connectivity index (χ1v) is 7.46. The third-order valence-corrected chi connectivity index (χ3v) is 4.35. The molecule has 2 nitrogen and oxygen atoms in total. The van der Waals surface area contributed by atoms with E-state index in [4.69, 9.17) is 0 Å². The second kappa shape index (κ2) is 8.15. The molecule has 1 aliphatic rings. The summed E-state index contributed by atoms with van der Waals surface area (Å²) in [5.41, 5.74) is 1.27. The minimum Gasteiger partial charge on any atom is -0.317 e. The lowest BCUT2D eigenvalue weighted by molar-refractivity contribution is 0.332. The van der Waals surface area contributed by atoms with Crippen molar-refractivity contribution in [2.75, 3.05) is 38.5 Å². The fourth-order valence-electron chi connectivity index (χ4n) is 2.04. The number of rotatable bonds is 7. The molecule has 1 aliphatic heterocycles. The van der Waals surface area contributed by atoms with E-state index in [1.807, 2.05) is 0 Å². The van der Waals surface area contributed by atoms with Crippen LogP contribution in [0.4, 0.5) is 0 Å². The van der Waals surface area contributed by atoms with E-state index in [1.54, 1.807) is 0 Å². The van der Waals surface area contributed by atoms with Gasteiger partial charge < -0.3 is 5.32 Å². The summed E-state index contributed by atoms with van der Waals surface area (Å²) >= 11 is 2.16. The largest absolute Gasteiger partial charge is 0.317 e. The fraction of sp³-hybridized carbons (Fsp3) is 0.846. The van der Waals surface area contributed by atoms with E-state index < -0.39 is 0 Å². The number of hydrogen-bond acceptors (Lipinski definition) is 3. The number of likely N-dealkylation sites (N-methyl/N-ethyl adjacent to an activating group) is 1. The molecule has 1 saturated heterocycles. The van der Waals surface area contributed by atoms with E-state index in [0.717, 1.165) is 18.3 Å². The van der Waals surface area contributed by atoms with Crippen LogP contribution in [0.15, 0.2) is 12.2 Å². The van der Waals surface area contributed by atoms with Crippen LogP contribution in [0.25, 0.3) is 0 Å². The highest BCUT2D eigenvalue weighted by Crippen LogP contribution is 2.19. The van der Waals surface area contributed by atoms with Crippen LogP contribution in [0, 0.1) is 0 Å². The molecule has 1 rings (SSSR count). The molecular formula is C13H26N2S. The topological polar surface area (TPSA) is 15.3 Å². The van der Waals surface area contributed by atoms with Gasteiger partial charge in [-0.15, -0.1) is 0 Å². The van der Waals surface area contributed by atoms with Crippen LogP contribution in [-0.4, -0.2) is 48.6 Å². The minimum atomic E-state index is 0.893. The lowest BCUT2D eigenvalue weighted by Gasteiger charge is -2.24. The van der Waals surface area contributed by atoms with E-state index >= 15 is 0 Å². The van der Waals surface area contributed by atoms with E-state index in [2.05, 4.69) is 42.4 Å². The average Bonchev–Trinajstić information content (AvgIpc) is 2.28. The smallest absolute Gasteiger partial charge is 0.0187 e. The molecule has 0 spiro atoms. The van der Waals surface area contributed by atoms with Gasteiger partial charge in [-0.25, -0.2) is 0 Å². The Kier molecular flexibility index (Phi) is 7.17. The molecular weight excluding hydrogens is 216 g/mol. The van der Waals surface area contributed by atoms with Crippen molar-refractivity contribution in [2.24, 2.45) is 0 Å². The number of piperidine rings is 1. The molecule has 1 N–H and O–H groups in total. The molecule has 0 saturated carbocycles. The normalized spacial score (nSPS) is 17.9. The first-order valence-electron chi connectivity index (χ1n) is 6.41. The maximum absolute atomic E-state index is 3.98. The molecule has 1 heterocycles. The number of thioether (sulfide) groups is 1. The molecule has 0 aromatic heterocycles. The highest BCUT2D eigenvalue weighted by molar-refractivity contribution is 7.99. The van der Waals surface area contributed by atoms with Gasteiger partial charge in [0, 0.05) is 24.1 Å². The average molecular weight is 242 g/mol. The van der Waals surface area contributed by atoms with Crippen molar-refractivity contribution in [1.82, 2.24) is 10.2 Å². The Morgan fingerprint density at radius 2 is 2.12 bits per heavy atom. The van der Waals surface area contributed by atoms with Crippen LogP contribution < -0.4 is 5.32 Å². The van der Waals surface area contributed by atoms with Gasteiger partial charge in [0.2, 0.25) is 0 Å². The maximum atomic E-state index is 3.98. The lowest BCUT2D eigenvalue weighted by atomic mass is 10.2. The number of hydrogen-bond donors (Lipinski definition) is 1. The summed E-state index contributed by atoms with van der Waals surface area (Å²) in [7, 11) is 0. The molecule has 94 valence electrons. The third kappa shape index (κ3) is 5.92. The highest BCUT2D eigenvalue weighted by atomic mass is 32.2. The fourth-order valence-corrected chi connectivity index (χ4v) is 3.31. The van der Waals surface area contributed by atoms with Crippen LogP contribution in [0.5, 0.6) is 0 Å². The van der Waals surface area contributed by atoms with E-state index in [0.29, 0.717) is 0 Å². The number of nitrogens with zero attached hydrogens (tertiary/aromatic N) is 1. The third-order valence-electron chi connectivity index (χ3n) is 2.99. The summed E-state index contributed by atoms with van der Waals surface area (Å²) in [6.45, 7) is 14.2. The standard InChI is InChI=1S/C13H26N2S/c1-4-15(11-12(2)3)9-10-16-13-5-7-14-8-6-13/h13-14H,2,4-11H2,1,3H3. The SMILES string of the molecule is C=C(C)CN(CC)CCSC1CCNCC1. The number of nitrogens with one attached hydrogen (secondary N) is 1. The van der Waals surface area contributed by atoms with Gasteiger partial charge in [0.05, 0.1) is 0 Å². The summed E-state index contributed by atoms with van der Waals surface area (Å²) in [5.74, 6) is 1.27. The zero-order chi connectivity index (χ0) is 11.8. The molecule has 0 aromatic carbocycles. The highest BCUT2D eigenvalue weighted by Gasteiger charge is 2.13. The Hall–Kier alpha value is 0.01000.